The number of methoxy groups -OCH3 is 1. The molecule has 4 rings (SSSR count). The Morgan fingerprint density at radius 1 is 1.29 bits per heavy atom. The Balaban J connectivity index is 1.54. The molecule has 3 aromatic rings. The Kier molecular flexibility index (Phi) is 6.31. The van der Waals surface area contributed by atoms with Gasteiger partial charge in [-0.15, -0.1) is 11.3 Å². The summed E-state index contributed by atoms with van der Waals surface area (Å²) in [6, 6.07) is 10.5. The number of hydrogen-bond donors (Lipinski definition) is 1. The van der Waals surface area contributed by atoms with Crippen LogP contribution in [0.3, 0.4) is 0 Å². The minimum atomic E-state index is -0.621. The smallest absolute Gasteiger partial charge is 0.263 e. The van der Waals surface area contributed by atoms with Crippen molar-refractivity contribution in [2.75, 3.05) is 20.2 Å². The van der Waals surface area contributed by atoms with E-state index in [0.29, 0.717) is 41.9 Å². The van der Waals surface area contributed by atoms with E-state index in [1.807, 2.05) is 41.8 Å². The quantitative estimate of drug-likeness (QED) is 0.632. The molecule has 2 amide bonds. The molecule has 31 heavy (non-hydrogen) atoms. The summed E-state index contributed by atoms with van der Waals surface area (Å²) in [6.07, 6.45) is 1.49. The minimum absolute atomic E-state index is 0.0254. The molecule has 1 saturated heterocycles. The Labute approximate surface area is 184 Å². The molecular weight excluding hydrogens is 416 g/mol. The second-order valence-electron chi connectivity index (χ2n) is 7.42. The van der Waals surface area contributed by atoms with E-state index in [-0.39, 0.29) is 17.7 Å². The zero-order valence-electron chi connectivity index (χ0n) is 17.4. The third kappa shape index (κ3) is 4.61. The topological polar surface area (TPSA) is 97.6 Å². The molecule has 0 aliphatic carbocycles. The van der Waals surface area contributed by atoms with Gasteiger partial charge in [-0.2, -0.15) is 4.98 Å². The molecule has 3 heterocycles. The highest BCUT2D eigenvalue weighted by Crippen LogP contribution is 2.30. The van der Waals surface area contributed by atoms with E-state index >= 15 is 0 Å². The summed E-state index contributed by atoms with van der Waals surface area (Å²) in [7, 11) is 1.58. The van der Waals surface area contributed by atoms with Crippen molar-refractivity contribution in [3.05, 3.63) is 63.9 Å². The highest BCUT2D eigenvalue weighted by Gasteiger charge is 2.32. The van der Waals surface area contributed by atoms with Crippen LogP contribution in [0.1, 0.15) is 45.8 Å². The molecule has 1 aliphatic heterocycles. The first-order valence-electron chi connectivity index (χ1n) is 10.1. The van der Waals surface area contributed by atoms with Crippen molar-refractivity contribution in [3.8, 4) is 5.75 Å². The number of aromatic nitrogens is 2. The summed E-state index contributed by atoms with van der Waals surface area (Å²) < 4.78 is 10.6. The number of ether oxygens (including phenoxy) is 1. The maximum atomic E-state index is 13.2. The second kappa shape index (κ2) is 9.30. The first-order valence-corrected chi connectivity index (χ1v) is 11.0. The van der Waals surface area contributed by atoms with E-state index in [4.69, 9.17) is 9.26 Å². The van der Waals surface area contributed by atoms with Crippen LogP contribution in [0.2, 0.25) is 0 Å². The fourth-order valence-electron chi connectivity index (χ4n) is 3.81. The number of likely N-dealkylation sites (tertiary alicyclic amines) is 1. The van der Waals surface area contributed by atoms with E-state index in [0.717, 1.165) is 12.0 Å². The number of carbonyl (C=O) groups excluding carboxylic acids is 2. The van der Waals surface area contributed by atoms with Crippen LogP contribution in [-0.4, -0.2) is 47.1 Å². The number of nitrogens with one attached hydrogen (secondary N) is 1. The highest BCUT2D eigenvalue weighted by atomic mass is 32.1. The van der Waals surface area contributed by atoms with Crippen molar-refractivity contribution >= 4 is 23.2 Å². The summed E-state index contributed by atoms with van der Waals surface area (Å²) in [5, 5.41) is 8.97. The van der Waals surface area contributed by atoms with Gasteiger partial charge in [0.25, 0.3) is 5.91 Å². The number of hydrogen-bond acceptors (Lipinski definition) is 7. The zero-order chi connectivity index (χ0) is 21.8. The molecule has 0 bridgehead atoms. The predicted octanol–water partition coefficient (Wildman–Crippen LogP) is 3.21. The molecular formula is C22H24N4O4S. The Bertz CT molecular complexity index is 1050. The van der Waals surface area contributed by atoms with Crippen molar-refractivity contribution in [2.45, 2.75) is 25.8 Å². The Morgan fingerprint density at radius 2 is 2.13 bits per heavy atom. The van der Waals surface area contributed by atoms with E-state index in [1.165, 1.54) is 11.3 Å². The van der Waals surface area contributed by atoms with Crippen molar-refractivity contribution in [1.82, 2.24) is 20.4 Å². The highest BCUT2D eigenvalue weighted by molar-refractivity contribution is 7.12. The monoisotopic (exact) mass is 440 g/mol. The molecule has 2 unspecified atom stereocenters. The van der Waals surface area contributed by atoms with Crippen LogP contribution in [0.15, 0.2) is 46.3 Å². The van der Waals surface area contributed by atoms with Crippen molar-refractivity contribution < 1.29 is 18.8 Å². The number of rotatable bonds is 6. The van der Waals surface area contributed by atoms with Crippen LogP contribution >= 0.6 is 11.3 Å². The molecule has 8 nitrogen and oxygen atoms in total. The first kappa shape index (κ1) is 21.0. The largest absolute Gasteiger partial charge is 0.496 e. The molecule has 1 aliphatic rings. The van der Waals surface area contributed by atoms with E-state index in [9.17, 15) is 9.59 Å². The van der Waals surface area contributed by atoms with Crippen molar-refractivity contribution in [3.63, 3.8) is 0 Å². The number of aryl methyl sites for hydroxylation is 1. The number of para-hydroxylation sites is 1. The van der Waals surface area contributed by atoms with Gasteiger partial charge in [-0.05, 0) is 30.4 Å². The number of nitrogens with zero attached hydrogens (tertiary/aromatic N) is 3. The van der Waals surface area contributed by atoms with E-state index in [2.05, 4.69) is 15.5 Å². The van der Waals surface area contributed by atoms with Gasteiger partial charge in [0.15, 0.2) is 5.82 Å². The number of carbonyl (C=O) groups is 2. The van der Waals surface area contributed by atoms with E-state index in [1.54, 1.807) is 18.9 Å². The molecule has 0 spiro atoms. The lowest BCUT2D eigenvalue weighted by Crippen LogP contribution is -2.46. The molecule has 1 N–H and O–H groups in total. The maximum absolute atomic E-state index is 13.2. The molecule has 9 heteroatoms. The van der Waals surface area contributed by atoms with Crippen molar-refractivity contribution in [2.24, 2.45) is 5.92 Å². The Hall–Kier alpha value is -3.20. The van der Waals surface area contributed by atoms with Crippen LogP contribution in [0, 0.1) is 12.8 Å². The van der Waals surface area contributed by atoms with Gasteiger partial charge in [0.2, 0.25) is 11.8 Å². The fourth-order valence-corrected chi connectivity index (χ4v) is 4.50. The third-order valence-corrected chi connectivity index (χ3v) is 6.21. The average Bonchev–Trinajstić information content (AvgIpc) is 3.49. The summed E-state index contributed by atoms with van der Waals surface area (Å²) in [4.78, 5) is 32.8. The van der Waals surface area contributed by atoms with Gasteiger partial charge in [-0.25, -0.2) is 0 Å². The van der Waals surface area contributed by atoms with E-state index < -0.39 is 6.04 Å². The number of thiophene rings is 1. The lowest BCUT2D eigenvalue weighted by Gasteiger charge is -2.32. The lowest BCUT2D eigenvalue weighted by molar-refractivity contribution is -0.126. The molecule has 0 radical (unpaired) electrons. The summed E-state index contributed by atoms with van der Waals surface area (Å²) >= 11 is 1.41. The van der Waals surface area contributed by atoms with Crippen LogP contribution in [0.25, 0.3) is 0 Å². The standard InChI is InChI=1S/C22H24N4O4S/c1-14-23-20(25-30-14)19(16-8-3-4-9-17(16)29-2)24-21(27)15-7-5-11-26(13-15)22(28)18-10-6-12-31-18/h3-4,6,8-10,12,15,19H,5,7,11,13H2,1-2H3,(H,24,27). The van der Waals surface area contributed by atoms with Gasteiger partial charge in [0.05, 0.1) is 17.9 Å². The molecule has 2 aromatic heterocycles. The van der Waals surface area contributed by atoms with Crippen LogP contribution in [0.4, 0.5) is 0 Å². The lowest BCUT2D eigenvalue weighted by atomic mass is 9.95. The summed E-state index contributed by atoms with van der Waals surface area (Å²) in [5.41, 5.74) is 0.737. The third-order valence-electron chi connectivity index (χ3n) is 5.35. The maximum Gasteiger partial charge on any atom is 0.263 e. The van der Waals surface area contributed by atoms with Gasteiger partial charge in [-0.1, -0.05) is 29.4 Å². The number of benzene rings is 1. The van der Waals surface area contributed by atoms with Crippen molar-refractivity contribution in [1.29, 1.82) is 0 Å². The molecule has 162 valence electrons. The second-order valence-corrected chi connectivity index (χ2v) is 8.37. The van der Waals surface area contributed by atoms with Crippen LogP contribution < -0.4 is 10.1 Å². The first-order chi connectivity index (χ1) is 15.1. The molecule has 1 aromatic carbocycles. The molecule has 0 saturated carbocycles. The summed E-state index contributed by atoms with van der Waals surface area (Å²) in [6.45, 7) is 2.74. The fraction of sp³-hybridized carbons (Fsp3) is 0.364. The number of piperidine rings is 1. The van der Waals surface area contributed by atoms with Crippen LogP contribution in [-0.2, 0) is 4.79 Å². The normalized spacial score (nSPS) is 17.2. The van der Waals surface area contributed by atoms with Crippen LogP contribution in [0.5, 0.6) is 5.75 Å². The van der Waals surface area contributed by atoms with Gasteiger partial charge in [0.1, 0.15) is 11.8 Å². The zero-order valence-corrected chi connectivity index (χ0v) is 18.2. The Morgan fingerprint density at radius 3 is 2.84 bits per heavy atom. The van der Waals surface area contributed by atoms with Gasteiger partial charge in [0, 0.05) is 25.6 Å². The summed E-state index contributed by atoms with van der Waals surface area (Å²) in [5.74, 6) is 0.896. The van der Waals surface area contributed by atoms with Gasteiger partial charge >= 0.3 is 0 Å². The molecule has 1 fully saturated rings. The minimum Gasteiger partial charge on any atom is -0.496 e. The van der Waals surface area contributed by atoms with Gasteiger partial charge < -0.3 is 19.5 Å². The number of amides is 2. The van der Waals surface area contributed by atoms with Gasteiger partial charge in [-0.3, -0.25) is 9.59 Å². The SMILES string of the molecule is COc1ccccc1C(NC(=O)C1CCCN(C(=O)c2cccs2)C1)c1noc(C)n1. The molecule has 2 atom stereocenters. The predicted molar refractivity (Wildman–Crippen MR) is 115 cm³/mol. The average molecular weight is 441 g/mol.